The monoisotopic (exact) mass is 435 g/mol. The van der Waals surface area contributed by atoms with Gasteiger partial charge in [0.05, 0.1) is 20.9 Å². The standard InChI is InChI=1S/C24H18ClNO3S/c1-15-8-10-19(12-16(15)2)30(28,29)24-20-13-18(25)9-11-22(20)26-14-21(24)23(27)17-6-4-3-5-7-17/h3-14H,1-2H3. The van der Waals surface area contributed by atoms with Crippen molar-refractivity contribution < 1.29 is 13.2 Å². The van der Waals surface area contributed by atoms with Gasteiger partial charge in [-0.1, -0.05) is 48.0 Å². The second-order valence-electron chi connectivity index (χ2n) is 7.11. The smallest absolute Gasteiger partial charge is 0.208 e. The maximum atomic E-state index is 13.8. The zero-order valence-corrected chi connectivity index (χ0v) is 18.0. The van der Waals surface area contributed by atoms with Crippen molar-refractivity contribution in [3.63, 3.8) is 0 Å². The average molecular weight is 436 g/mol. The summed E-state index contributed by atoms with van der Waals surface area (Å²) < 4.78 is 27.5. The van der Waals surface area contributed by atoms with Crippen LogP contribution in [0.2, 0.25) is 5.02 Å². The van der Waals surface area contributed by atoms with Crippen LogP contribution < -0.4 is 0 Å². The molecular weight excluding hydrogens is 418 g/mol. The van der Waals surface area contributed by atoms with E-state index in [-0.39, 0.29) is 15.4 Å². The van der Waals surface area contributed by atoms with E-state index in [9.17, 15) is 13.2 Å². The van der Waals surface area contributed by atoms with Crippen molar-refractivity contribution in [2.45, 2.75) is 23.6 Å². The maximum absolute atomic E-state index is 13.8. The molecule has 6 heteroatoms. The predicted octanol–water partition coefficient (Wildman–Crippen LogP) is 5.57. The van der Waals surface area contributed by atoms with Gasteiger partial charge in [-0.05, 0) is 55.3 Å². The summed E-state index contributed by atoms with van der Waals surface area (Å²) >= 11 is 6.17. The molecule has 1 aromatic heterocycles. The van der Waals surface area contributed by atoms with E-state index in [2.05, 4.69) is 4.98 Å². The van der Waals surface area contributed by atoms with Crippen LogP contribution in [0.25, 0.3) is 10.9 Å². The highest BCUT2D eigenvalue weighted by Gasteiger charge is 2.28. The predicted molar refractivity (Wildman–Crippen MR) is 118 cm³/mol. The van der Waals surface area contributed by atoms with Crippen molar-refractivity contribution >= 4 is 38.1 Å². The number of halogens is 1. The lowest BCUT2D eigenvalue weighted by Crippen LogP contribution is -2.13. The number of nitrogens with zero attached hydrogens (tertiary/aromatic N) is 1. The Hall–Kier alpha value is -3.02. The van der Waals surface area contributed by atoms with Crippen LogP contribution in [0.4, 0.5) is 0 Å². The van der Waals surface area contributed by atoms with Crippen LogP contribution in [0.15, 0.2) is 82.7 Å². The number of aromatic nitrogens is 1. The molecule has 0 bridgehead atoms. The Morgan fingerprint density at radius 3 is 2.33 bits per heavy atom. The number of rotatable bonds is 4. The van der Waals surface area contributed by atoms with Gasteiger partial charge in [0, 0.05) is 22.2 Å². The van der Waals surface area contributed by atoms with Crippen LogP contribution in [0.5, 0.6) is 0 Å². The van der Waals surface area contributed by atoms with Crippen molar-refractivity contribution in [1.29, 1.82) is 0 Å². The van der Waals surface area contributed by atoms with Crippen molar-refractivity contribution in [2.24, 2.45) is 0 Å². The lowest BCUT2D eigenvalue weighted by Gasteiger charge is -2.14. The molecule has 0 spiro atoms. The van der Waals surface area contributed by atoms with Gasteiger partial charge in [0.1, 0.15) is 0 Å². The first-order valence-corrected chi connectivity index (χ1v) is 11.2. The van der Waals surface area contributed by atoms with E-state index < -0.39 is 15.6 Å². The summed E-state index contributed by atoms with van der Waals surface area (Å²) in [6.45, 7) is 3.77. The summed E-state index contributed by atoms with van der Waals surface area (Å²) in [5.74, 6) is -0.410. The number of carbonyl (C=O) groups excluding carboxylic acids is 1. The first-order chi connectivity index (χ1) is 14.3. The van der Waals surface area contributed by atoms with Gasteiger partial charge in [0.2, 0.25) is 9.84 Å². The number of sulfone groups is 1. The third kappa shape index (κ3) is 3.51. The normalized spacial score (nSPS) is 11.6. The van der Waals surface area contributed by atoms with Crippen molar-refractivity contribution in [3.05, 3.63) is 100 Å². The first-order valence-electron chi connectivity index (χ1n) is 9.29. The zero-order chi connectivity index (χ0) is 21.5. The van der Waals surface area contributed by atoms with Crippen LogP contribution in [-0.4, -0.2) is 19.2 Å². The van der Waals surface area contributed by atoms with Gasteiger partial charge in [-0.15, -0.1) is 0 Å². The number of ketones is 1. The molecule has 0 aliphatic carbocycles. The second kappa shape index (κ2) is 7.67. The van der Waals surface area contributed by atoms with Crippen molar-refractivity contribution in [1.82, 2.24) is 4.98 Å². The van der Waals surface area contributed by atoms with Crippen LogP contribution in [0.3, 0.4) is 0 Å². The number of fused-ring (bicyclic) bond motifs is 1. The van der Waals surface area contributed by atoms with Gasteiger partial charge in [0.25, 0.3) is 0 Å². The van der Waals surface area contributed by atoms with Gasteiger partial charge in [-0.3, -0.25) is 9.78 Å². The molecule has 30 heavy (non-hydrogen) atoms. The van der Waals surface area contributed by atoms with E-state index in [0.717, 1.165) is 11.1 Å². The number of carbonyl (C=O) groups is 1. The summed E-state index contributed by atoms with van der Waals surface area (Å²) in [5, 5.41) is 0.688. The summed E-state index contributed by atoms with van der Waals surface area (Å²) in [5.41, 5.74) is 2.69. The molecule has 0 N–H and O–H groups in total. The van der Waals surface area contributed by atoms with E-state index in [0.29, 0.717) is 21.5 Å². The molecule has 0 atom stereocenters. The first kappa shape index (κ1) is 20.3. The lowest BCUT2D eigenvalue weighted by molar-refractivity contribution is 0.103. The van der Waals surface area contributed by atoms with Gasteiger partial charge in [-0.25, -0.2) is 8.42 Å². The number of hydrogen-bond donors (Lipinski definition) is 0. The highest BCUT2D eigenvalue weighted by atomic mass is 35.5. The molecule has 150 valence electrons. The van der Waals surface area contributed by atoms with E-state index >= 15 is 0 Å². The van der Waals surface area contributed by atoms with Gasteiger partial charge in [-0.2, -0.15) is 0 Å². The summed E-state index contributed by atoms with van der Waals surface area (Å²) in [7, 11) is -4.02. The van der Waals surface area contributed by atoms with Crippen LogP contribution in [-0.2, 0) is 9.84 Å². The summed E-state index contributed by atoms with van der Waals surface area (Å²) in [6.07, 6.45) is 1.33. The zero-order valence-electron chi connectivity index (χ0n) is 16.4. The van der Waals surface area contributed by atoms with Crippen molar-refractivity contribution in [3.8, 4) is 0 Å². The third-order valence-electron chi connectivity index (χ3n) is 5.12. The highest BCUT2D eigenvalue weighted by Crippen LogP contribution is 2.33. The van der Waals surface area contributed by atoms with E-state index in [4.69, 9.17) is 11.6 Å². The third-order valence-corrected chi connectivity index (χ3v) is 7.21. The largest absolute Gasteiger partial charge is 0.289 e. The maximum Gasteiger partial charge on any atom is 0.208 e. The minimum absolute atomic E-state index is 0.0224. The Bertz CT molecular complexity index is 1400. The molecule has 4 nitrogen and oxygen atoms in total. The lowest BCUT2D eigenvalue weighted by atomic mass is 10.0. The van der Waals surface area contributed by atoms with E-state index in [1.807, 2.05) is 13.8 Å². The molecule has 0 radical (unpaired) electrons. The number of benzene rings is 3. The molecule has 0 aliphatic rings. The highest BCUT2D eigenvalue weighted by molar-refractivity contribution is 7.91. The molecule has 3 aromatic carbocycles. The Kier molecular flexibility index (Phi) is 5.18. The molecule has 0 unspecified atom stereocenters. The van der Waals surface area contributed by atoms with E-state index in [1.54, 1.807) is 66.7 Å². The fraction of sp³-hybridized carbons (Fsp3) is 0.0833. The molecule has 4 aromatic rings. The molecule has 1 heterocycles. The minimum atomic E-state index is -4.02. The molecule has 0 amide bonds. The van der Waals surface area contributed by atoms with Crippen LogP contribution >= 0.6 is 11.6 Å². The molecule has 4 rings (SSSR count). The van der Waals surface area contributed by atoms with Crippen LogP contribution in [0.1, 0.15) is 27.0 Å². The quantitative estimate of drug-likeness (QED) is 0.393. The number of aryl methyl sites for hydroxylation is 2. The molecule has 0 saturated carbocycles. The Labute approximate surface area is 180 Å². The average Bonchev–Trinajstić information content (AvgIpc) is 2.74. The number of hydrogen-bond acceptors (Lipinski definition) is 4. The SMILES string of the molecule is Cc1ccc(S(=O)(=O)c2c(C(=O)c3ccccc3)cnc3ccc(Cl)cc23)cc1C. The fourth-order valence-corrected chi connectivity index (χ4v) is 5.21. The van der Waals surface area contributed by atoms with E-state index in [1.165, 1.54) is 6.20 Å². The molecule has 0 fully saturated rings. The summed E-state index contributed by atoms with van der Waals surface area (Å²) in [4.78, 5) is 17.6. The molecule has 0 aliphatic heterocycles. The minimum Gasteiger partial charge on any atom is -0.289 e. The van der Waals surface area contributed by atoms with Gasteiger partial charge < -0.3 is 0 Å². The fourth-order valence-electron chi connectivity index (χ4n) is 3.34. The summed E-state index contributed by atoms with van der Waals surface area (Å²) in [6, 6.07) is 18.3. The molecular formula is C24H18ClNO3S. The van der Waals surface area contributed by atoms with Crippen molar-refractivity contribution in [2.75, 3.05) is 0 Å². The Morgan fingerprint density at radius 1 is 0.900 bits per heavy atom. The Morgan fingerprint density at radius 2 is 1.63 bits per heavy atom. The Balaban J connectivity index is 2.06. The number of pyridine rings is 1. The van der Waals surface area contributed by atoms with Crippen LogP contribution in [0, 0.1) is 13.8 Å². The van der Waals surface area contributed by atoms with Gasteiger partial charge in [0.15, 0.2) is 5.78 Å². The second-order valence-corrected chi connectivity index (χ2v) is 9.43. The van der Waals surface area contributed by atoms with Gasteiger partial charge >= 0.3 is 0 Å². The topological polar surface area (TPSA) is 64.1 Å². The molecule has 0 saturated heterocycles.